The van der Waals surface area contributed by atoms with Crippen molar-refractivity contribution in [2.75, 3.05) is 0 Å². The number of rotatable bonds is 4. The zero-order valence-electron chi connectivity index (χ0n) is 13.1. The first-order chi connectivity index (χ1) is 10.0. The molecule has 0 spiro atoms. The zero-order chi connectivity index (χ0) is 15.4. The molecule has 1 aromatic rings. The molecule has 1 aliphatic rings. The van der Waals surface area contributed by atoms with Gasteiger partial charge in [-0.3, -0.25) is 0 Å². The largest absolute Gasteiger partial charge is 0.373 e. The minimum atomic E-state index is -0.293. The Labute approximate surface area is 126 Å². The third-order valence-corrected chi connectivity index (χ3v) is 4.59. The normalized spacial score (nSPS) is 25.8. The van der Waals surface area contributed by atoms with E-state index >= 15 is 0 Å². The van der Waals surface area contributed by atoms with E-state index in [1.54, 1.807) is 6.07 Å². The highest BCUT2D eigenvalue weighted by atomic mass is 19.1. The Hall–Kier alpha value is -1.40. The lowest BCUT2D eigenvalue weighted by Crippen LogP contribution is -2.34. The van der Waals surface area contributed by atoms with Gasteiger partial charge in [-0.15, -0.1) is 0 Å². The molecule has 21 heavy (non-hydrogen) atoms. The van der Waals surface area contributed by atoms with E-state index in [1.165, 1.54) is 25.0 Å². The summed E-state index contributed by atoms with van der Waals surface area (Å²) in [5, 5.41) is 8.91. The maximum Gasteiger partial charge on any atom is 0.128 e. The first kappa shape index (κ1) is 16.0. The van der Waals surface area contributed by atoms with Crippen LogP contribution in [-0.2, 0) is 11.3 Å². The predicted octanol–water partition coefficient (Wildman–Crippen LogP) is 4.67. The molecule has 3 atom stereocenters. The summed E-state index contributed by atoms with van der Waals surface area (Å²) < 4.78 is 19.8. The molecule has 114 valence electrons. The maximum absolute atomic E-state index is 13.8. The Bertz CT molecular complexity index is 520. The SMILES string of the molecule is CC1CCC(C(C)C)C(OCc2cc(C#N)ccc2F)C1. The highest BCUT2D eigenvalue weighted by Gasteiger charge is 2.31. The fraction of sp³-hybridized carbons (Fsp3) is 0.611. The van der Waals surface area contributed by atoms with Crippen molar-refractivity contribution in [2.45, 2.75) is 52.7 Å². The molecule has 1 aromatic carbocycles. The molecule has 1 fully saturated rings. The summed E-state index contributed by atoms with van der Waals surface area (Å²) in [6.07, 6.45) is 3.67. The molecule has 0 bridgehead atoms. The Morgan fingerprint density at radius 2 is 2.14 bits per heavy atom. The Balaban J connectivity index is 2.05. The van der Waals surface area contributed by atoms with Gasteiger partial charge in [-0.2, -0.15) is 5.26 Å². The monoisotopic (exact) mass is 289 g/mol. The van der Waals surface area contributed by atoms with Gasteiger partial charge >= 0.3 is 0 Å². The van der Waals surface area contributed by atoms with Crippen molar-refractivity contribution in [2.24, 2.45) is 17.8 Å². The fourth-order valence-corrected chi connectivity index (χ4v) is 3.26. The van der Waals surface area contributed by atoms with Gasteiger partial charge < -0.3 is 4.74 Å². The van der Waals surface area contributed by atoms with Crippen LogP contribution in [0, 0.1) is 34.9 Å². The number of hydrogen-bond acceptors (Lipinski definition) is 2. The van der Waals surface area contributed by atoms with E-state index in [2.05, 4.69) is 20.8 Å². The van der Waals surface area contributed by atoms with Crippen molar-refractivity contribution in [3.05, 3.63) is 35.1 Å². The van der Waals surface area contributed by atoms with Crippen LogP contribution in [0.2, 0.25) is 0 Å². The van der Waals surface area contributed by atoms with E-state index in [0.717, 1.165) is 6.42 Å². The third kappa shape index (κ3) is 4.04. The van der Waals surface area contributed by atoms with E-state index in [4.69, 9.17) is 10.00 Å². The molecule has 0 aliphatic heterocycles. The summed E-state index contributed by atoms with van der Waals surface area (Å²) in [4.78, 5) is 0. The lowest BCUT2D eigenvalue weighted by Gasteiger charge is -2.37. The standard InChI is InChI=1S/C18H24FNO/c1-12(2)16-6-4-13(3)8-18(16)21-11-15-9-14(10-20)5-7-17(15)19/h5,7,9,12-13,16,18H,4,6,8,11H2,1-3H3. The quantitative estimate of drug-likeness (QED) is 0.806. The fourth-order valence-electron chi connectivity index (χ4n) is 3.26. The van der Waals surface area contributed by atoms with Crippen LogP contribution in [-0.4, -0.2) is 6.10 Å². The van der Waals surface area contributed by atoms with Crippen molar-refractivity contribution in [1.82, 2.24) is 0 Å². The summed E-state index contributed by atoms with van der Waals surface area (Å²) >= 11 is 0. The molecule has 0 saturated heterocycles. The molecular formula is C18H24FNO. The first-order valence-electron chi connectivity index (χ1n) is 7.81. The average molecular weight is 289 g/mol. The van der Waals surface area contributed by atoms with Crippen LogP contribution in [0.3, 0.4) is 0 Å². The highest BCUT2D eigenvalue weighted by molar-refractivity contribution is 5.33. The van der Waals surface area contributed by atoms with Gasteiger partial charge in [-0.25, -0.2) is 4.39 Å². The van der Waals surface area contributed by atoms with Gasteiger partial charge in [-0.1, -0.05) is 27.2 Å². The van der Waals surface area contributed by atoms with E-state index in [-0.39, 0.29) is 18.5 Å². The van der Waals surface area contributed by atoms with Crippen LogP contribution in [0.5, 0.6) is 0 Å². The summed E-state index contributed by atoms with van der Waals surface area (Å²) in [6.45, 7) is 6.97. The predicted molar refractivity (Wildman–Crippen MR) is 81.0 cm³/mol. The molecule has 3 unspecified atom stereocenters. The molecule has 2 nitrogen and oxygen atoms in total. The Morgan fingerprint density at radius 3 is 2.81 bits per heavy atom. The summed E-state index contributed by atoms with van der Waals surface area (Å²) in [6, 6.07) is 6.48. The van der Waals surface area contributed by atoms with E-state index in [0.29, 0.717) is 28.9 Å². The minimum absolute atomic E-state index is 0.193. The molecular weight excluding hydrogens is 265 g/mol. The Morgan fingerprint density at radius 1 is 1.38 bits per heavy atom. The van der Waals surface area contributed by atoms with Gasteiger partial charge in [0.15, 0.2) is 0 Å². The van der Waals surface area contributed by atoms with Crippen LogP contribution in [0.25, 0.3) is 0 Å². The van der Waals surface area contributed by atoms with E-state index in [9.17, 15) is 4.39 Å². The van der Waals surface area contributed by atoms with Crippen molar-refractivity contribution in [1.29, 1.82) is 5.26 Å². The van der Waals surface area contributed by atoms with Gasteiger partial charge in [0.25, 0.3) is 0 Å². The summed E-state index contributed by atoms with van der Waals surface area (Å²) in [5.74, 6) is 1.50. The Kier molecular flexibility index (Phi) is 5.36. The number of nitriles is 1. The molecule has 0 heterocycles. The first-order valence-corrected chi connectivity index (χ1v) is 7.81. The van der Waals surface area contributed by atoms with Crippen LogP contribution in [0.1, 0.15) is 51.2 Å². The highest BCUT2D eigenvalue weighted by Crippen LogP contribution is 2.35. The topological polar surface area (TPSA) is 33.0 Å². The summed E-state index contributed by atoms with van der Waals surface area (Å²) in [5.41, 5.74) is 0.960. The number of hydrogen-bond donors (Lipinski definition) is 0. The molecule has 3 heteroatoms. The van der Waals surface area contributed by atoms with Gasteiger partial charge in [0, 0.05) is 5.56 Å². The molecule has 2 rings (SSSR count). The second kappa shape index (κ2) is 7.04. The van der Waals surface area contributed by atoms with E-state index in [1.807, 2.05) is 6.07 Å². The molecule has 0 amide bonds. The maximum atomic E-state index is 13.8. The summed E-state index contributed by atoms with van der Waals surface area (Å²) in [7, 11) is 0. The molecule has 1 aliphatic carbocycles. The van der Waals surface area contributed by atoms with Crippen LogP contribution in [0.15, 0.2) is 18.2 Å². The third-order valence-electron chi connectivity index (χ3n) is 4.59. The molecule has 0 radical (unpaired) electrons. The van der Waals surface area contributed by atoms with Gasteiger partial charge in [0.05, 0.1) is 24.3 Å². The van der Waals surface area contributed by atoms with Crippen LogP contribution < -0.4 is 0 Å². The number of nitrogens with zero attached hydrogens (tertiary/aromatic N) is 1. The second-order valence-corrected chi connectivity index (χ2v) is 6.59. The number of benzene rings is 1. The minimum Gasteiger partial charge on any atom is -0.373 e. The second-order valence-electron chi connectivity index (χ2n) is 6.59. The lowest BCUT2D eigenvalue weighted by molar-refractivity contribution is -0.0480. The molecule has 1 saturated carbocycles. The molecule has 0 N–H and O–H groups in total. The van der Waals surface area contributed by atoms with Gasteiger partial charge in [-0.05, 0) is 48.8 Å². The van der Waals surface area contributed by atoms with Crippen molar-refractivity contribution in [3.63, 3.8) is 0 Å². The van der Waals surface area contributed by atoms with Gasteiger partial charge in [0.2, 0.25) is 0 Å². The molecule has 0 aromatic heterocycles. The smallest absolute Gasteiger partial charge is 0.128 e. The van der Waals surface area contributed by atoms with Crippen molar-refractivity contribution < 1.29 is 9.13 Å². The van der Waals surface area contributed by atoms with Crippen LogP contribution >= 0.6 is 0 Å². The van der Waals surface area contributed by atoms with Crippen LogP contribution in [0.4, 0.5) is 4.39 Å². The average Bonchev–Trinajstić information content (AvgIpc) is 2.46. The van der Waals surface area contributed by atoms with Crippen molar-refractivity contribution >= 4 is 0 Å². The van der Waals surface area contributed by atoms with Crippen molar-refractivity contribution in [3.8, 4) is 6.07 Å². The van der Waals surface area contributed by atoms with Gasteiger partial charge in [0.1, 0.15) is 5.82 Å². The number of halogens is 1. The lowest BCUT2D eigenvalue weighted by atomic mass is 9.75. The number of ether oxygens (including phenoxy) is 1. The van der Waals surface area contributed by atoms with E-state index < -0.39 is 0 Å². The zero-order valence-corrected chi connectivity index (χ0v) is 13.1.